The zero-order valence-corrected chi connectivity index (χ0v) is 11.7. The van der Waals surface area contributed by atoms with Crippen LogP contribution >= 0.6 is 11.8 Å². The van der Waals surface area contributed by atoms with Gasteiger partial charge in [0.05, 0.1) is 23.7 Å². The minimum atomic E-state index is -1.44. The molecule has 0 aromatic carbocycles. The Balaban J connectivity index is 2.99. The average Bonchev–Trinajstić information content (AvgIpc) is 2.42. The summed E-state index contributed by atoms with van der Waals surface area (Å²) in [5.41, 5.74) is -0.329. The SMILES string of the molecule is COc1ncc([N+](=O)[O-])cc1C(O)C(O)CSC(C)=O. The molecule has 0 radical (unpaired) electrons. The van der Waals surface area contributed by atoms with Gasteiger partial charge in [0, 0.05) is 18.7 Å². The minimum Gasteiger partial charge on any atom is -0.481 e. The molecule has 0 aliphatic rings. The third-order valence-electron chi connectivity index (χ3n) is 2.41. The minimum absolute atomic E-state index is 0.00153. The quantitative estimate of drug-likeness (QED) is 0.580. The lowest BCUT2D eigenvalue weighted by atomic mass is 10.1. The van der Waals surface area contributed by atoms with Gasteiger partial charge in [-0.3, -0.25) is 14.9 Å². The maximum Gasteiger partial charge on any atom is 0.288 e. The Kier molecular flexibility index (Phi) is 5.86. The van der Waals surface area contributed by atoms with E-state index in [1.54, 1.807) is 0 Å². The summed E-state index contributed by atoms with van der Waals surface area (Å²) in [5.74, 6) is -0.0579. The molecular formula is C11H14N2O6S. The van der Waals surface area contributed by atoms with Crippen LogP contribution in [0.5, 0.6) is 5.88 Å². The Bertz CT molecular complexity index is 510. The number of hydrogen-bond donors (Lipinski definition) is 2. The van der Waals surface area contributed by atoms with Crippen molar-refractivity contribution in [3.05, 3.63) is 27.9 Å². The third-order valence-corrected chi connectivity index (χ3v) is 3.32. The van der Waals surface area contributed by atoms with Crippen molar-refractivity contribution >= 4 is 22.6 Å². The standard InChI is InChI=1S/C11H14N2O6S/c1-6(14)20-5-9(15)10(16)8-3-7(13(17)18)4-12-11(8)19-2/h3-4,9-10,15-16H,5H2,1-2H3. The van der Waals surface area contributed by atoms with Crippen LogP contribution < -0.4 is 4.74 Å². The summed E-state index contributed by atoms with van der Waals surface area (Å²) in [6, 6.07) is 1.08. The van der Waals surface area contributed by atoms with Gasteiger partial charge >= 0.3 is 0 Å². The number of nitro groups is 1. The van der Waals surface area contributed by atoms with Crippen molar-refractivity contribution in [3.8, 4) is 5.88 Å². The van der Waals surface area contributed by atoms with Crippen LogP contribution in [0.3, 0.4) is 0 Å². The van der Waals surface area contributed by atoms with Crippen LogP contribution in [-0.2, 0) is 4.79 Å². The Hall–Kier alpha value is -1.71. The third kappa shape index (κ3) is 4.15. The molecule has 0 aliphatic carbocycles. The molecule has 1 aromatic rings. The first kappa shape index (κ1) is 16.3. The lowest BCUT2D eigenvalue weighted by molar-refractivity contribution is -0.385. The average molecular weight is 302 g/mol. The summed E-state index contributed by atoms with van der Waals surface area (Å²) < 4.78 is 4.90. The topological polar surface area (TPSA) is 123 Å². The summed E-state index contributed by atoms with van der Waals surface area (Å²) in [5, 5.41) is 30.3. The van der Waals surface area contributed by atoms with Gasteiger partial charge in [-0.25, -0.2) is 4.98 Å². The van der Waals surface area contributed by atoms with Gasteiger partial charge in [0.25, 0.3) is 5.69 Å². The number of hydrogen-bond acceptors (Lipinski definition) is 8. The van der Waals surface area contributed by atoms with Gasteiger partial charge in [0.1, 0.15) is 12.3 Å². The highest BCUT2D eigenvalue weighted by Gasteiger charge is 2.25. The highest BCUT2D eigenvalue weighted by Crippen LogP contribution is 2.29. The van der Waals surface area contributed by atoms with Gasteiger partial charge in [-0.15, -0.1) is 0 Å². The highest BCUT2D eigenvalue weighted by atomic mass is 32.2. The predicted molar refractivity (Wildman–Crippen MR) is 71.5 cm³/mol. The Morgan fingerprint density at radius 3 is 2.75 bits per heavy atom. The number of rotatable bonds is 6. The zero-order valence-electron chi connectivity index (χ0n) is 10.8. The lowest BCUT2D eigenvalue weighted by Crippen LogP contribution is -2.22. The van der Waals surface area contributed by atoms with E-state index < -0.39 is 17.1 Å². The number of aromatic nitrogens is 1. The van der Waals surface area contributed by atoms with Crippen LogP contribution in [0.1, 0.15) is 18.6 Å². The molecule has 9 heteroatoms. The molecule has 1 aromatic heterocycles. The first-order valence-electron chi connectivity index (χ1n) is 5.54. The second-order valence-electron chi connectivity index (χ2n) is 3.86. The van der Waals surface area contributed by atoms with E-state index in [1.165, 1.54) is 14.0 Å². The van der Waals surface area contributed by atoms with Crippen molar-refractivity contribution in [1.29, 1.82) is 0 Å². The second-order valence-corrected chi connectivity index (χ2v) is 5.06. The highest BCUT2D eigenvalue weighted by molar-refractivity contribution is 8.13. The van der Waals surface area contributed by atoms with Crippen LogP contribution in [0, 0.1) is 10.1 Å². The molecule has 0 amide bonds. The van der Waals surface area contributed by atoms with Gasteiger partial charge in [-0.05, 0) is 0 Å². The van der Waals surface area contributed by atoms with Crippen molar-refractivity contribution in [2.75, 3.05) is 12.9 Å². The van der Waals surface area contributed by atoms with Gasteiger partial charge < -0.3 is 14.9 Å². The molecule has 110 valence electrons. The Labute approximate surface area is 118 Å². The number of carbonyl (C=O) groups is 1. The summed E-state index contributed by atoms with van der Waals surface area (Å²) in [6.07, 6.45) is -1.73. The zero-order chi connectivity index (χ0) is 15.3. The fraction of sp³-hybridized carbons (Fsp3) is 0.455. The van der Waals surface area contributed by atoms with Gasteiger partial charge in [-0.2, -0.15) is 0 Å². The fourth-order valence-electron chi connectivity index (χ4n) is 1.44. The van der Waals surface area contributed by atoms with Crippen molar-refractivity contribution in [1.82, 2.24) is 4.98 Å². The monoisotopic (exact) mass is 302 g/mol. The smallest absolute Gasteiger partial charge is 0.288 e. The number of aliphatic hydroxyl groups excluding tert-OH is 2. The van der Waals surface area contributed by atoms with E-state index >= 15 is 0 Å². The Morgan fingerprint density at radius 1 is 1.60 bits per heavy atom. The maximum atomic E-state index is 10.8. The van der Waals surface area contributed by atoms with Crippen LogP contribution in [0.15, 0.2) is 12.3 Å². The van der Waals surface area contributed by atoms with Gasteiger partial charge in [-0.1, -0.05) is 11.8 Å². The lowest BCUT2D eigenvalue weighted by Gasteiger charge is -2.18. The van der Waals surface area contributed by atoms with Crippen LogP contribution in [0.2, 0.25) is 0 Å². The number of nitrogens with zero attached hydrogens (tertiary/aromatic N) is 2. The number of methoxy groups -OCH3 is 1. The molecule has 0 bridgehead atoms. The number of aliphatic hydroxyl groups is 2. The molecule has 0 saturated heterocycles. The summed E-state index contributed by atoms with van der Waals surface area (Å²) >= 11 is 0.842. The fourth-order valence-corrected chi connectivity index (χ4v) is 2.03. The molecule has 20 heavy (non-hydrogen) atoms. The number of ether oxygens (including phenoxy) is 1. The van der Waals surface area contributed by atoms with E-state index in [0.29, 0.717) is 0 Å². The number of thioether (sulfide) groups is 1. The Morgan fingerprint density at radius 2 is 2.25 bits per heavy atom. The molecule has 0 saturated carbocycles. The molecule has 1 heterocycles. The summed E-state index contributed by atoms with van der Waals surface area (Å²) in [6.45, 7) is 1.33. The molecular weight excluding hydrogens is 288 g/mol. The van der Waals surface area contributed by atoms with Gasteiger partial charge in [0.2, 0.25) is 5.88 Å². The molecule has 0 aliphatic heterocycles. The van der Waals surface area contributed by atoms with Crippen molar-refractivity contribution in [3.63, 3.8) is 0 Å². The molecule has 0 fully saturated rings. The number of pyridine rings is 1. The van der Waals surface area contributed by atoms with E-state index in [9.17, 15) is 25.1 Å². The molecule has 0 spiro atoms. The van der Waals surface area contributed by atoms with Crippen LogP contribution in [0.25, 0.3) is 0 Å². The largest absolute Gasteiger partial charge is 0.481 e. The van der Waals surface area contributed by atoms with Crippen molar-refractivity contribution < 1.29 is 24.7 Å². The molecule has 8 nitrogen and oxygen atoms in total. The first-order chi connectivity index (χ1) is 9.36. The summed E-state index contributed by atoms with van der Waals surface area (Å²) in [7, 11) is 1.29. The molecule has 1 rings (SSSR count). The van der Waals surface area contributed by atoms with E-state index in [1.807, 2.05) is 0 Å². The first-order valence-corrected chi connectivity index (χ1v) is 6.53. The van der Waals surface area contributed by atoms with Crippen molar-refractivity contribution in [2.24, 2.45) is 0 Å². The normalized spacial score (nSPS) is 13.6. The number of carbonyl (C=O) groups excluding carboxylic acids is 1. The van der Waals surface area contributed by atoms with E-state index in [0.717, 1.165) is 24.0 Å². The van der Waals surface area contributed by atoms with E-state index in [2.05, 4.69) is 4.98 Å². The summed E-state index contributed by atoms with van der Waals surface area (Å²) in [4.78, 5) is 24.6. The van der Waals surface area contributed by atoms with Crippen LogP contribution in [0.4, 0.5) is 5.69 Å². The predicted octanol–water partition coefficient (Wildman–Crippen LogP) is 0.672. The molecule has 2 unspecified atom stereocenters. The molecule has 2 N–H and O–H groups in total. The maximum absolute atomic E-state index is 10.8. The van der Waals surface area contributed by atoms with Gasteiger partial charge in [0.15, 0.2) is 5.12 Å². The van der Waals surface area contributed by atoms with E-state index in [-0.39, 0.29) is 28.0 Å². The van der Waals surface area contributed by atoms with E-state index in [4.69, 9.17) is 4.74 Å². The molecule has 2 atom stereocenters. The second kappa shape index (κ2) is 7.17. The van der Waals surface area contributed by atoms with Crippen molar-refractivity contribution in [2.45, 2.75) is 19.1 Å². The van der Waals surface area contributed by atoms with Crippen LogP contribution in [-0.4, -0.2) is 44.2 Å².